The molecule has 0 N–H and O–H groups in total. The maximum atomic E-state index is 12.6. The van der Waals surface area contributed by atoms with Gasteiger partial charge in [-0.05, 0) is 17.5 Å². The van der Waals surface area contributed by atoms with Crippen LogP contribution in [-0.4, -0.2) is 42.4 Å². The second-order valence-corrected chi connectivity index (χ2v) is 6.72. The van der Waals surface area contributed by atoms with Gasteiger partial charge in [0.25, 0.3) is 0 Å². The molecule has 2 aliphatic rings. The lowest BCUT2D eigenvalue weighted by Crippen LogP contribution is -2.37. The van der Waals surface area contributed by atoms with E-state index in [1.807, 2.05) is 60.7 Å². The third-order valence-corrected chi connectivity index (χ3v) is 4.99. The molecule has 3 atom stereocenters. The third-order valence-electron chi connectivity index (χ3n) is 4.99. The predicted molar refractivity (Wildman–Crippen MR) is 96.5 cm³/mol. The van der Waals surface area contributed by atoms with Crippen molar-refractivity contribution in [2.45, 2.75) is 37.9 Å². The summed E-state index contributed by atoms with van der Waals surface area (Å²) in [6.07, 6.45) is 0.353. The van der Waals surface area contributed by atoms with E-state index in [9.17, 15) is 4.79 Å². The van der Waals surface area contributed by atoms with E-state index in [2.05, 4.69) is 0 Å². The fourth-order valence-corrected chi connectivity index (χ4v) is 3.66. The Labute approximate surface area is 153 Å². The number of hydrogen-bond donors (Lipinski definition) is 0. The molecule has 0 saturated carbocycles. The Kier molecular flexibility index (Phi) is 5.18. The van der Waals surface area contributed by atoms with Crippen LogP contribution in [0, 0.1) is 0 Å². The van der Waals surface area contributed by atoms with Gasteiger partial charge in [-0.2, -0.15) is 0 Å². The smallest absolute Gasteiger partial charge is 0.410 e. The van der Waals surface area contributed by atoms with E-state index in [1.165, 1.54) is 0 Å². The first-order chi connectivity index (χ1) is 12.8. The summed E-state index contributed by atoms with van der Waals surface area (Å²) in [5.74, 6) is 0. The second kappa shape index (κ2) is 7.89. The number of hydrogen-bond acceptors (Lipinski definition) is 4. The molecule has 2 aliphatic heterocycles. The second-order valence-electron chi connectivity index (χ2n) is 6.72. The maximum Gasteiger partial charge on any atom is 0.410 e. The maximum absolute atomic E-state index is 12.6. The first-order valence-corrected chi connectivity index (χ1v) is 9.06. The average molecular weight is 353 g/mol. The molecule has 26 heavy (non-hydrogen) atoms. The summed E-state index contributed by atoms with van der Waals surface area (Å²) in [6, 6.07) is 19.8. The molecule has 136 valence electrons. The van der Waals surface area contributed by atoms with E-state index in [0.717, 1.165) is 17.5 Å². The first-order valence-electron chi connectivity index (χ1n) is 9.06. The lowest BCUT2D eigenvalue weighted by molar-refractivity contribution is -0.0374. The van der Waals surface area contributed by atoms with Gasteiger partial charge in [0, 0.05) is 6.61 Å². The number of benzene rings is 2. The van der Waals surface area contributed by atoms with E-state index in [-0.39, 0.29) is 30.9 Å². The topological polar surface area (TPSA) is 48.0 Å². The van der Waals surface area contributed by atoms with E-state index in [0.29, 0.717) is 19.8 Å². The molecule has 2 aromatic rings. The Morgan fingerprint density at radius 2 is 1.65 bits per heavy atom. The molecule has 0 aliphatic carbocycles. The molecule has 0 bridgehead atoms. The highest BCUT2D eigenvalue weighted by atomic mass is 16.6. The molecule has 0 spiro atoms. The number of ether oxygens (including phenoxy) is 3. The highest BCUT2D eigenvalue weighted by Crippen LogP contribution is 2.32. The Bertz CT molecular complexity index is 721. The highest BCUT2D eigenvalue weighted by Gasteiger charge is 2.48. The minimum atomic E-state index is -0.292. The standard InChI is InChI=1S/C21H23NO4/c23-21(26-15-17-9-5-2-6-10-17)22-13-19(20-18(22)11-12-24-20)25-14-16-7-3-1-4-8-16/h1-10,18-20H,11-15H2. The van der Waals surface area contributed by atoms with Gasteiger partial charge in [-0.15, -0.1) is 0 Å². The van der Waals surface area contributed by atoms with Gasteiger partial charge in [-0.1, -0.05) is 60.7 Å². The van der Waals surface area contributed by atoms with Gasteiger partial charge < -0.3 is 14.2 Å². The van der Waals surface area contributed by atoms with Crippen molar-refractivity contribution in [1.29, 1.82) is 0 Å². The van der Waals surface area contributed by atoms with E-state index >= 15 is 0 Å². The van der Waals surface area contributed by atoms with Crippen LogP contribution in [0.5, 0.6) is 0 Å². The molecule has 2 saturated heterocycles. The van der Waals surface area contributed by atoms with Crippen LogP contribution in [0.4, 0.5) is 4.79 Å². The molecule has 0 aromatic heterocycles. The van der Waals surface area contributed by atoms with Crippen LogP contribution in [-0.2, 0) is 27.4 Å². The largest absolute Gasteiger partial charge is 0.445 e. The van der Waals surface area contributed by atoms with E-state index in [4.69, 9.17) is 14.2 Å². The number of nitrogens with zero attached hydrogens (tertiary/aromatic N) is 1. The van der Waals surface area contributed by atoms with Crippen molar-refractivity contribution < 1.29 is 19.0 Å². The van der Waals surface area contributed by atoms with Gasteiger partial charge in [0.1, 0.15) is 18.8 Å². The number of likely N-dealkylation sites (tertiary alicyclic amines) is 1. The number of carbonyl (C=O) groups is 1. The Hall–Kier alpha value is -2.37. The molecular weight excluding hydrogens is 330 g/mol. The van der Waals surface area contributed by atoms with Gasteiger partial charge in [0.2, 0.25) is 0 Å². The van der Waals surface area contributed by atoms with E-state index in [1.54, 1.807) is 4.90 Å². The fraction of sp³-hybridized carbons (Fsp3) is 0.381. The summed E-state index contributed by atoms with van der Waals surface area (Å²) in [5.41, 5.74) is 2.10. The fourth-order valence-electron chi connectivity index (χ4n) is 3.66. The SMILES string of the molecule is O=C(OCc1ccccc1)N1CC(OCc2ccccc2)C2OCCC21. The van der Waals surface area contributed by atoms with Gasteiger partial charge in [-0.3, -0.25) is 4.90 Å². The van der Waals surface area contributed by atoms with Crippen LogP contribution in [0.15, 0.2) is 60.7 Å². The van der Waals surface area contributed by atoms with Crippen molar-refractivity contribution in [3.05, 3.63) is 71.8 Å². The number of rotatable bonds is 5. The number of fused-ring (bicyclic) bond motifs is 1. The highest BCUT2D eigenvalue weighted by molar-refractivity contribution is 5.69. The zero-order valence-electron chi connectivity index (χ0n) is 14.6. The summed E-state index contributed by atoms with van der Waals surface area (Å²) >= 11 is 0. The van der Waals surface area contributed by atoms with Crippen LogP contribution < -0.4 is 0 Å². The molecule has 2 aromatic carbocycles. The summed E-state index contributed by atoms with van der Waals surface area (Å²) in [6.45, 7) is 1.97. The first kappa shape index (κ1) is 17.1. The lowest BCUT2D eigenvalue weighted by Gasteiger charge is -2.21. The third kappa shape index (κ3) is 3.74. The number of carbonyl (C=O) groups excluding carboxylic acids is 1. The van der Waals surface area contributed by atoms with Gasteiger partial charge in [0.05, 0.1) is 19.2 Å². The van der Waals surface area contributed by atoms with Crippen LogP contribution in [0.25, 0.3) is 0 Å². The van der Waals surface area contributed by atoms with Crippen molar-refractivity contribution in [3.63, 3.8) is 0 Å². The predicted octanol–water partition coefficient (Wildman–Crippen LogP) is 3.38. The van der Waals surface area contributed by atoms with Gasteiger partial charge in [-0.25, -0.2) is 4.79 Å². The van der Waals surface area contributed by atoms with Gasteiger partial charge in [0.15, 0.2) is 0 Å². The zero-order chi connectivity index (χ0) is 17.8. The van der Waals surface area contributed by atoms with Crippen LogP contribution in [0.2, 0.25) is 0 Å². The summed E-state index contributed by atoms with van der Waals surface area (Å²) in [7, 11) is 0. The Morgan fingerprint density at radius 3 is 2.35 bits per heavy atom. The lowest BCUT2D eigenvalue weighted by atomic mass is 10.1. The molecule has 4 rings (SSSR count). The quantitative estimate of drug-likeness (QED) is 0.827. The normalized spacial score (nSPS) is 24.5. The van der Waals surface area contributed by atoms with Crippen molar-refractivity contribution >= 4 is 6.09 Å². The summed E-state index contributed by atoms with van der Waals surface area (Å²) in [5, 5.41) is 0. The Balaban J connectivity index is 1.35. The summed E-state index contributed by atoms with van der Waals surface area (Å²) in [4.78, 5) is 14.3. The van der Waals surface area contributed by atoms with E-state index < -0.39 is 0 Å². The summed E-state index contributed by atoms with van der Waals surface area (Å²) < 4.78 is 17.4. The molecule has 2 fully saturated rings. The molecule has 3 unspecified atom stereocenters. The molecule has 5 heteroatoms. The molecule has 0 radical (unpaired) electrons. The zero-order valence-corrected chi connectivity index (χ0v) is 14.6. The minimum absolute atomic E-state index is 0.0408. The Morgan fingerprint density at radius 1 is 1.00 bits per heavy atom. The van der Waals surface area contributed by atoms with Gasteiger partial charge >= 0.3 is 6.09 Å². The van der Waals surface area contributed by atoms with Crippen molar-refractivity contribution in [1.82, 2.24) is 4.90 Å². The number of amides is 1. The van der Waals surface area contributed by atoms with Crippen molar-refractivity contribution in [2.24, 2.45) is 0 Å². The van der Waals surface area contributed by atoms with Crippen molar-refractivity contribution in [3.8, 4) is 0 Å². The van der Waals surface area contributed by atoms with Crippen LogP contribution >= 0.6 is 0 Å². The monoisotopic (exact) mass is 353 g/mol. The molecule has 5 nitrogen and oxygen atoms in total. The van der Waals surface area contributed by atoms with Crippen LogP contribution in [0.1, 0.15) is 17.5 Å². The average Bonchev–Trinajstić information content (AvgIpc) is 3.29. The van der Waals surface area contributed by atoms with Crippen molar-refractivity contribution in [2.75, 3.05) is 13.2 Å². The minimum Gasteiger partial charge on any atom is -0.445 e. The molecule has 2 heterocycles. The van der Waals surface area contributed by atoms with Crippen LogP contribution in [0.3, 0.4) is 0 Å². The molecular formula is C21H23NO4. The molecule has 1 amide bonds.